The minimum atomic E-state index is -0.00730. The molecule has 0 aromatic heterocycles. The minimum absolute atomic E-state index is 0.00730. The van der Waals surface area contributed by atoms with E-state index in [2.05, 4.69) is 41.7 Å². The lowest BCUT2D eigenvalue weighted by molar-refractivity contribution is -0.119. The molecule has 1 aromatic rings. The summed E-state index contributed by atoms with van der Waals surface area (Å²) in [6.45, 7) is 2.06. The number of benzene rings is 1. The van der Waals surface area contributed by atoms with Crippen molar-refractivity contribution in [2.45, 2.75) is 19.8 Å². The highest BCUT2D eigenvalue weighted by Gasteiger charge is 2.14. The maximum Gasteiger partial charge on any atom is 0.245 e. The number of aryl methyl sites for hydroxylation is 1. The largest absolute Gasteiger partial charge is 0.273 e. The molecule has 3 heteroatoms. The Morgan fingerprint density at radius 3 is 2.64 bits per heavy atom. The van der Waals surface area contributed by atoms with Crippen LogP contribution in [0.1, 0.15) is 17.5 Å². The molecule has 0 saturated carbocycles. The van der Waals surface area contributed by atoms with Gasteiger partial charge < -0.3 is 0 Å². The van der Waals surface area contributed by atoms with Gasteiger partial charge in [0.25, 0.3) is 0 Å². The number of carbonyl (C=O) groups excluding carboxylic acids is 1. The van der Waals surface area contributed by atoms with Crippen molar-refractivity contribution in [1.29, 1.82) is 0 Å². The van der Waals surface area contributed by atoms with Crippen LogP contribution in [0.3, 0.4) is 0 Å². The van der Waals surface area contributed by atoms with E-state index in [1.165, 1.54) is 11.1 Å². The van der Waals surface area contributed by atoms with Crippen LogP contribution < -0.4 is 5.43 Å². The van der Waals surface area contributed by atoms with E-state index in [4.69, 9.17) is 0 Å². The van der Waals surface area contributed by atoms with Crippen LogP contribution in [0.15, 0.2) is 29.4 Å². The van der Waals surface area contributed by atoms with E-state index in [0.717, 1.165) is 12.1 Å². The fourth-order valence-corrected chi connectivity index (χ4v) is 1.45. The Morgan fingerprint density at radius 1 is 1.36 bits per heavy atom. The lowest BCUT2D eigenvalue weighted by Crippen LogP contribution is -2.09. The van der Waals surface area contributed by atoms with Crippen molar-refractivity contribution in [3.05, 3.63) is 35.4 Å². The quantitative estimate of drug-likeness (QED) is 0.749. The Kier molecular flexibility index (Phi) is 2.31. The third kappa shape index (κ3) is 1.99. The van der Waals surface area contributed by atoms with Crippen molar-refractivity contribution < 1.29 is 4.79 Å². The van der Waals surface area contributed by atoms with Crippen LogP contribution in [0, 0.1) is 6.92 Å². The van der Waals surface area contributed by atoms with Gasteiger partial charge in [0, 0.05) is 6.42 Å². The summed E-state index contributed by atoms with van der Waals surface area (Å²) in [6, 6.07) is 8.28. The fraction of sp³-hybridized carbons (Fsp3) is 0.273. The molecule has 0 saturated heterocycles. The standard InChI is InChI=1S/C11H12N2O/c1-8-2-4-9(5-3-8)6-10-7-11(14)13-12-10/h2-5H,6-7H2,1H3,(H,13,14). The Balaban J connectivity index is 2.04. The summed E-state index contributed by atoms with van der Waals surface area (Å²) >= 11 is 0. The number of nitrogens with one attached hydrogen (secondary N) is 1. The molecule has 72 valence electrons. The van der Waals surface area contributed by atoms with Gasteiger partial charge in [-0.1, -0.05) is 29.8 Å². The van der Waals surface area contributed by atoms with Gasteiger partial charge in [0.2, 0.25) is 5.91 Å². The van der Waals surface area contributed by atoms with Gasteiger partial charge in [-0.25, -0.2) is 5.43 Å². The van der Waals surface area contributed by atoms with E-state index in [-0.39, 0.29) is 5.91 Å². The first-order valence-electron chi connectivity index (χ1n) is 4.64. The zero-order valence-electron chi connectivity index (χ0n) is 8.08. The van der Waals surface area contributed by atoms with E-state index in [0.29, 0.717) is 6.42 Å². The van der Waals surface area contributed by atoms with E-state index in [9.17, 15) is 4.79 Å². The maximum atomic E-state index is 10.9. The summed E-state index contributed by atoms with van der Waals surface area (Å²) in [6.07, 6.45) is 1.20. The highest BCUT2D eigenvalue weighted by Crippen LogP contribution is 2.07. The van der Waals surface area contributed by atoms with Gasteiger partial charge in [0.05, 0.1) is 12.1 Å². The number of rotatable bonds is 2. The Morgan fingerprint density at radius 2 is 2.07 bits per heavy atom. The van der Waals surface area contributed by atoms with Crippen LogP contribution in [0.4, 0.5) is 0 Å². The third-order valence-corrected chi connectivity index (χ3v) is 2.23. The predicted octanol–water partition coefficient (Wildman–Crippen LogP) is 1.41. The lowest BCUT2D eigenvalue weighted by Gasteiger charge is -1.99. The summed E-state index contributed by atoms with van der Waals surface area (Å²) in [4.78, 5) is 10.9. The van der Waals surface area contributed by atoms with E-state index in [1.54, 1.807) is 0 Å². The van der Waals surface area contributed by atoms with Gasteiger partial charge >= 0.3 is 0 Å². The van der Waals surface area contributed by atoms with Crippen molar-refractivity contribution in [3.63, 3.8) is 0 Å². The molecule has 1 heterocycles. The van der Waals surface area contributed by atoms with Crippen LogP contribution in [-0.4, -0.2) is 11.6 Å². The molecule has 1 aromatic carbocycles. The summed E-state index contributed by atoms with van der Waals surface area (Å²) in [7, 11) is 0. The zero-order valence-corrected chi connectivity index (χ0v) is 8.08. The molecular formula is C11H12N2O. The van der Waals surface area contributed by atoms with Crippen molar-refractivity contribution >= 4 is 11.6 Å². The average molecular weight is 188 g/mol. The highest BCUT2D eigenvalue weighted by molar-refractivity contribution is 6.05. The van der Waals surface area contributed by atoms with Crippen molar-refractivity contribution in [3.8, 4) is 0 Å². The molecule has 1 amide bonds. The maximum absolute atomic E-state index is 10.9. The van der Waals surface area contributed by atoms with Crippen molar-refractivity contribution in [2.24, 2.45) is 5.10 Å². The number of hydrogen-bond acceptors (Lipinski definition) is 2. The summed E-state index contributed by atoms with van der Waals surface area (Å²) in [5.41, 5.74) is 5.81. The van der Waals surface area contributed by atoms with Crippen molar-refractivity contribution in [2.75, 3.05) is 0 Å². The SMILES string of the molecule is Cc1ccc(CC2=NNC(=O)C2)cc1. The Bertz CT molecular complexity index is 379. The fourth-order valence-electron chi connectivity index (χ4n) is 1.45. The van der Waals surface area contributed by atoms with E-state index in [1.807, 2.05) is 0 Å². The second kappa shape index (κ2) is 3.62. The van der Waals surface area contributed by atoms with Gasteiger partial charge in [-0.2, -0.15) is 5.10 Å². The average Bonchev–Trinajstić information content (AvgIpc) is 2.56. The normalized spacial score (nSPS) is 15.2. The molecule has 1 aliphatic heterocycles. The topological polar surface area (TPSA) is 41.5 Å². The first-order chi connectivity index (χ1) is 6.74. The van der Waals surface area contributed by atoms with Crippen LogP contribution in [0.25, 0.3) is 0 Å². The number of hydrazone groups is 1. The first kappa shape index (κ1) is 8.94. The molecule has 1 N–H and O–H groups in total. The van der Waals surface area contributed by atoms with Crippen LogP contribution in [0.2, 0.25) is 0 Å². The van der Waals surface area contributed by atoms with Crippen LogP contribution in [-0.2, 0) is 11.2 Å². The van der Waals surface area contributed by atoms with Gasteiger partial charge in [-0.15, -0.1) is 0 Å². The number of carbonyl (C=O) groups is 1. The second-order valence-electron chi connectivity index (χ2n) is 3.55. The summed E-state index contributed by atoms with van der Waals surface area (Å²) < 4.78 is 0. The number of hydrogen-bond donors (Lipinski definition) is 1. The third-order valence-electron chi connectivity index (χ3n) is 2.23. The summed E-state index contributed by atoms with van der Waals surface area (Å²) in [5.74, 6) is -0.00730. The van der Waals surface area contributed by atoms with E-state index < -0.39 is 0 Å². The Hall–Kier alpha value is -1.64. The summed E-state index contributed by atoms with van der Waals surface area (Å²) in [5, 5.41) is 3.95. The minimum Gasteiger partial charge on any atom is -0.273 e. The molecule has 0 atom stereocenters. The first-order valence-corrected chi connectivity index (χ1v) is 4.64. The number of nitrogens with zero attached hydrogens (tertiary/aromatic N) is 1. The highest BCUT2D eigenvalue weighted by atomic mass is 16.2. The van der Waals surface area contributed by atoms with Gasteiger partial charge in [-0.3, -0.25) is 4.79 Å². The Labute approximate surface area is 82.8 Å². The van der Waals surface area contributed by atoms with Crippen molar-refractivity contribution in [1.82, 2.24) is 5.43 Å². The molecule has 2 rings (SSSR count). The van der Waals surface area contributed by atoms with Gasteiger partial charge in [0.1, 0.15) is 0 Å². The molecule has 0 bridgehead atoms. The molecule has 0 fully saturated rings. The molecule has 0 unspecified atom stereocenters. The molecule has 0 spiro atoms. The zero-order chi connectivity index (χ0) is 9.97. The monoisotopic (exact) mass is 188 g/mol. The van der Waals surface area contributed by atoms with Crippen LogP contribution >= 0.6 is 0 Å². The second-order valence-corrected chi connectivity index (χ2v) is 3.55. The smallest absolute Gasteiger partial charge is 0.245 e. The molecular weight excluding hydrogens is 176 g/mol. The molecule has 0 aliphatic carbocycles. The predicted molar refractivity (Wildman–Crippen MR) is 55.1 cm³/mol. The number of amides is 1. The molecule has 1 aliphatic rings. The molecule has 0 radical (unpaired) electrons. The van der Waals surface area contributed by atoms with Gasteiger partial charge in [0.15, 0.2) is 0 Å². The molecule has 3 nitrogen and oxygen atoms in total. The van der Waals surface area contributed by atoms with Crippen LogP contribution in [0.5, 0.6) is 0 Å². The lowest BCUT2D eigenvalue weighted by atomic mass is 10.1. The molecule has 14 heavy (non-hydrogen) atoms. The van der Waals surface area contributed by atoms with Gasteiger partial charge in [-0.05, 0) is 12.5 Å². The van der Waals surface area contributed by atoms with E-state index >= 15 is 0 Å².